The van der Waals surface area contributed by atoms with Crippen molar-refractivity contribution < 1.29 is 0 Å². The van der Waals surface area contributed by atoms with E-state index < -0.39 is 0 Å². The number of nitrogens with one attached hydrogen (secondary N) is 2. The average molecular weight is 306 g/mol. The van der Waals surface area contributed by atoms with Gasteiger partial charge in [-0.3, -0.25) is 9.98 Å². The molecule has 5 heteroatoms. The summed E-state index contributed by atoms with van der Waals surface area (Å²) in [6.07, 6.45) is 10.7. The second-order valence-electron chi connectivity index (χ2n) is 5.38. The zero-order chi connectivity index (χ0) is 14.9. The zero-order valence-corrected chi connectivity index (χ0v) is 13.8. The van der Waals surface area contributed by atoms with Crippen LogP contribution in [0.5, 0.6) is 0 Å². The minimum Gasteiger partial charge on any atom is -0.357 e. The monoisotopic (exact) mass is 306 g/mol. The fourth-order valence-electron chi connectivity index (χ4n) is 2.64. The highest BCUT2D eigenvalue weighted by atomic mass is 32.2. The summed E-state index contributed by atoms with van der Waals surface area (Å²) < 4.78 is 0. The second-order valence-corrected chi connectivity index (χ2v) is 6.52. The van der Waals surface area contributed by atoms with Crippen LogP contribution in [0.25, 0.3) is 0 Å². The van der Waals surface area contributed by atoms with Crippen LogP contribution in [0.4, 0.5) is 0 Å². The van der Waals surface area contributed by atoms with Gasteiger partial charge < -0.3 is 10.6 Å². The van der Waals surface area contributed by atoms with Gasteiger partial charge in [0, 0.05) is 36.8 Å². The fraction of sp³-hybridized carbons (Fsp3) is 0.625. The van der Waals surface area contributed by atoms with Crippen LogP contribution in [0.15, 0.2) is 29.5 Å². The molecule has 0 spiro atoms. The van der Waals surface area contributed by atoms with Gasteiger partial charge in [-0.1, -0.05) is 6.07 Å². The molecule has 2 rings (SSSR count). The average Bonchev–Trinajstić information content (AvgIpc) is 2.96. The number of hydrogen-bond donors (Lipinski definition) is 2. The van der Waals surface area contributed by atoms with Gasteiger partial charge in [-0.2, -0.15) is 11.8 Å². The maximum atomic E-state index is 4.68. The van der Waals surface area contributed by atoms with Crippen LogP contribution in [0, 0.1) is 0 Å². The van der Waals surface area contributed by atoms with Gasteiger partial charge in [0.2, 0.25) is 0 Å². The summed E-state index contributed by atoms with van der Waals surface area (Å²) in [5.74, 6) is 0.952. The molecule has 2 N–H and O–H groups in total. The number of pyridine rings is 1. The first-order valence-corrected chi connectivity index (χ1v) is 9.07. The van der Waals surface area contributed by atoms with E-state index in [-0.39, 0.29) is 0 Å². The highest BCUT2D eigenvalue weighted by molar-refractivity contribution is 7.99. The Labute approximate surface area is 132 Å². The van der Waals surface area contributed by atoms with E-state index in [0.717, 1.165) is 30.7 Å². The molecule has 1 saturated carbocycles. The largest absolute Gasteiger partial charge is 0.357 e. The lowest BCUT2D eigenvalue weighted by Gasteiger charge is -2.17. The van der Waals surface area contributed by atoms with Crippen LogP contribution in [0.3, 0.4) is 0 Å². The molecule has 2 atom stereocenters. The lowest BCUT2D eigenvalue weighted by molar-refractivity contribution is 0.615. The number of nitrogens with zero attached hydrogens (tertiary/aromatic N) is 2. The molecule has 2 unspecified atom stereocenters. The predicted octanol–water partition coefficient (Wildman–Crippen LogP) is 2.46. The van der Waals surface area contributed by atoms with Gasteiger partial charge >= 0.3 is 0 Å². The minimum atomic E-state index is 0.568. The maximum Gasteiger partial charge on any atom is 0.191 e. The SMILES string of the molecule is CCNC(=NCCc1cccnc1)NC1CCC(SC)C1. The molecule has 0 amide bonds. The van der Waals surface area contributed by atoms with E-state index >= 15 is 0 Å². The molecule has 4 nitrogen and oxygen atoms in total. The first kappa shape index (κ1) is 16.1. The minimum absolute atomic E-state index is 0.568. The zero-order valence-electron chi connectivity index (χ0n) is 13.0. The molecule has 0 radical (unpaired) electrons. The highest BCUT2D eigenvalue weighted by Crippen LogP contribution is 2.27. The third-order valence-electron chi connectivity index (χ3n) is 3.80. The van der Waals surface area contributed by atoms with Gasteiger partial charge in [-0.15, -0.1) is 0 Å². The Balaban J connectivity index is 1.81. The van der Waals surface area contributed by atoms with Gasteiger partial charge in [-0.25, -0.2) is 0 Å². The van der Waals surface area contributed by atoms with E-state index in [2.05, 4.69) is 39.9 Å². The van der Waals surface area contributed by atoms with Crippen molar-refractivity contribution in [1.29, 1.82) is 0 Å². The molecule has 0 aromatic carbocycles. The van der Waals surface area contributed by atoms with Crippen molar-refractivity contribution in [2.24, 2.45) is 4.99 Å². The molecule has 1 heterocycles. The summed E-state index contributed by atoms with van der Waals surface area (Å²) >= 11 is 1.98. The van der Waals surface area contributed by atoms with Crippen molar-refractivity contribution in [3.05, 3.63) is 30.1 Å². The summed E-state index contributed by atoms with van der Waals surface area (Å²) in [5.41, 5.74) is 1.24. The van der Waals surface area contributed by atoms with E-state index in [1.54, 1.807) is 6.20 Å². The van der Waals surface area contributed by atoms with Crippen molar-refractivity contribution in [3.63, 3.8) is 0 Å². The van der Waals surface area contributed by atoms with Crippen LogP contribution in [-0.4, -0.2) is 41.6 Å². The Morgan fingerprint density at radius 2 is 2.38 bits per heavy atom. The van der Waals surface area contributed by atoms with Crippen LogP contribution < -0.4 is 10.6 Å². The highest BCUT2D eigenvalue weighted by Gasteiger charge is 2.24. The van der Waals surface area contributed by atoms with E-state index in [4.69, 9.17) is 0 Å². The molecule has 1 aliphatic rings. The lowest BCUT2D eigenvalue weighted by atomic mass is 10.2. The van der Waals surface area contributed by atoms with E-state index in [0.29, 0.717) is 6.04 Å². The normalized spacial score (nSPS) is 22.3. The van der Waals surface area contributed by atoms with Crippen LogP contribution in [0.1, 0.15) is 31.7 Å². The molecule has 1 aromatic heterocycles. The number of thioether (sulfide) groups is 1. The molecule has 1 aromatic rings. The molecule has 116 valence electrons. The number of rotatable bonds is 6. The summed E-state index contributed by atoms with van der Waals surface area (Å²) in [7, 11) is 0. The molecule has 0 bridgehead atoms. The van der Waals surface area contributed by atoms with Gasteiger partial charge in [0.05, 0.1) is 0 Å². The Hall–Kier alpha value is -1.23. The second kappa shape index (κ2) is 8.93. The molecule has 21 heavy (non-hydrogen) atoms. The van der Waals surface area contributed by atoms with Gasteiger partial charge in [0.1, 0.15) is 0 Å². The van der Waals surface area contributed by atoms with E-state index in [1.165, 1.54) is 24.8 Å². The molecule has 1 fully saturated rings. The van der Waals surface area contributed by atoms with E-state index in [1.807, 2.05) is 24.0 Å². The quantitative estimate of drug-likeness (QED) is 0.626. The topological polar surface area (TPSA) is 49.3 Å². The molecule has 0 saturated heterocycles. The summed E-state index contributed by atoms with van der Waals surface area (Å²) in [6.45, 7) is 3.80. The van der Waals surface area contributed by atoms with Crippen LogP contribution in [0.2, 0.25) is 0 Å². The maximum absolute atomic E-state index is 4.68. The van der Waals surface area contributed by atoms with Crippen molar-refractivity contribution in [3.8, 4) is 0 Å². The van der Waals surface area contributed by atoms with E-state index in [9.17, 15) is 0 Å². The fourth-order valence-corrected chi connectivity index (χ4v) is 3.44. The standard InChI is InChI=1S/C16H26N4S/c1-3-18-16(20-14-6-7-15(11-14)21-2)19-10-8-13-5-4-9-17-12-13/h4-5,9,12,14-15H,3,6-8,10-11H2,1-2H3,(H2,18,19,20). The van der Waals surface area contributed by atoms with Gasteiger partial charge in [-0.05, 0) is 50.5 Å². The van der Waals surface area contributed by atoms with Gasteiger partial charge in [0.15, 0.2) is 5.96 Å². The third-order valence-corrected chi connectivity index (χ3v) is 4.89. The lowest BCUT2D eigenvalue weighted by Crippen LogP contribution is -2.42. The van der Waals surface area contributed by atoms with Gasteiger partial charge in [0.25, 0.3) is 0 Å². The summed E-state index contributed by atoms with van der Waals surface area (Å²) in [4.78, 5) is 8.82. The number of hydrogen-bond acceptors (Lipinski definition) is 3. The Morgan fingerprint density at radius 1 is 1.48 bits per heavy atom. The summed E-state index contributed by atoms with van der Waals surface area (Å²) in [5, 5.41) is 7.73. The predicted molar refractivity (Wildman–Crippen MR) is 92.0 cm³/mol. The molecule has 0 aliphatic heterocycles. The third kappa shape index (κ3) is 5.58. The molecular formula is C16H26N4S. The first-order valence-electron chi connectivity index (χ1n) is 7.78. The van der Waals surface area contributed by atoms with Crippen molar-refractivity contribution in [1.82, 2.24) is 15.6 Å². The first-order chi connectivity index (χ1) is 10.3. The smallest absolute Gasteiger partial charge is 0.191 e. The Bertz CT molecular complexity index is 435. The van der Waals surface area contributed by atoms with Crippen LogP contribution in [-0.2, 0) is 6.42 Å². The Morgan fingerprint density at radius 3 is 3.05 bits per heavy atom. The Kier molecular flexibility index (Phi) is 6.86. The molecular weight excluding hydrogens is 280 g/mol. The van der Waals surface area contributed by atoms with Crippen LogP contribution >= 0.6 is 11.8 Å². The van der Waals surface area contributed by atoms with Crippen molar-refractivity contribution >= 4 is 17.7 Å². The summed E-state index contributed by atoms with van der Waals surface area (Å²) in [6, 6.07) is 4.64. The van der Waals surface area contributed by atoms with Crippen molar-refractivity contribution in [2.45, 2.75) is 43.9 Å². The van der Waals surface area contributed by atoms with Crippen molar-refractivity contribution in [2.75, 3.05) is 19.3 Å². The number of aliphatic imine (C=N–C) groups is 1. The number of guanidine groups is 1. The molecule has 1 aliphatic carbocycles. The number of aromatic nitrogens is 1.